The maximum absolute atomic E-state index is 14.4. The number of carbonyl (C=O) groups excluding carboxylic acids is 2. The van der Waals surface area contributed by atoms with E-state index in [4.69, 9.17) is 0 Å². The first kappa shape index (κ1) is 37.3. The lowest BCUT2D eigenvalue weighted by Gasteiger charge is -2.21. The molecule has 2 N–H and O–H groups in total. The summed E-state index contributed by atoms with van der Waals surface area (Å²) in [5.74, 6) is -3.00. The van der Waals surface area contributed by atoms with E-state index in [1.54, 1.807) is 0 Å². The Hall–Kier alpha value is -1.72. The van der Waals surface area contributed by atoms with Crippen molar-refractivity contribution >= 4 is 11.8 Å². The summed E-state index contributed by atoms with van der Waals surface area (Å²) >= 11 is 0. The molecule has 6 heteroatoms. The van der Waals surface area contributed by atoms with Crippen LogP contribution >= 0.6 is 0 Å². The first-order valence-corrected chi connectivity index (χ1v) is 17.3. The van der Waals surface area contributed by atoms with Crippen LogP contribution in [0.1, 0.15) is 174 Å². The van der Waals surface area contributed by atoms with Gasteiger partial charge >= 0.3 is 0 Å². The van der Waals surface area contributed by atoms with Gasteiger partial charge in [-0.05, 0) is 57.1 Å². The maximum Gasteiger partial charge on any atom is 0.279 e. The van der Waals surface area contributed by atoms with Crippen LogP contribution in [0.5, 0.6) is 0 Å². The maximum atomic E-state index is 14.4. The van der Waals surface area contributed by atoms with E-state index in [0.717, 1.165) is 44.9 Å². The summed E-state index contributed by atoms with van der Waals surface area (Å²) < 4.78 is 28.7. The summed E-state index contributed by atoms with van der Waals surface area (Å²) in [6.45, 7) is 4.46. The first-order chi connectivity index (χ1) is 20.0. The van der Waals surface area contributed by atoms with Crippen LogP contribution in [0.2, 0.25) is 0 Å². The van der Waals surface area contributed by atoms with Crippen molar-refractivity contribution in [1.29, 1.82) is 0 Å². The van der Waals surface area contributed by atoms with Crippen LogP contribution in [0.4, 0.5) is 8.78 Å². The average Bonchev–Trinajstić information content (AvgIpc) is 3.40. The van der Waals surface area contributed by atoms with Crippen LogP contribution in [0, 0.1) is 0 Å². The molecule has 1 aliphatic carbocycles. The molecule has 1 saturated carbocycles. The summed E-state index contributed by atoms with van der Waals surface area (Å²) in [5, 5.41) is 5.43. The van der Waals surface area contributed by atoms with Crippen molar-refractivity contribution in [3.05, 3.63) is 23.8 Å². The molecule has 0 aromatic carbocycles. The van der Waals surface area contributed by atoms with E-state index in [2.05, 4.69) is 24.5 Å². The molecule has 1 aliphatic rings. The fraction of sp³-hybridized carbons (Fsp3) is 0.829. The van der Waals surface area contributed by atoms with Crippen molar-refractivity contribution in [3.8, 4) is 0 Å². The molecule has 0 saturated heterocycles. The van der Waals surface area contributed by atoms with Gasteiger partial charge in [-0.15, -0.1) is 0 Å². The standard InChI is InChI=1S/C35H62F2N2O2/c1-3-5-7-9-11-13-15-17-19-21-23-26-30(36)34(40)38-32-28-25-29-33(32)39-35(41)31(37)27-24-22-20-18-16-14-12-10-8-6-4-2/h26-27,32-33H,3-25,28-29H2,1-2H3,(H,38,40)(H,39,41)/b30-26-,31-27-/t32-,33+. The Bertz CT molecular complexity index is 678. The fourth-order valence-electron chi connectivity index (χ4n) is 5.69. The number of rotatable bonds is 26. The predicted molar refractivity (Wildman–Crippen MR) is 169 cm³/mol. The molecule has 2 amide bonds. The van der Waals surface area contributed by atoms with Gasteiger partial charge < -0.3 is 10.6 Å². The topological polar surface area (TPSA) is 58.2 Å². The largest absolute Gasteiger partial charge is 0.345 e. The minimum Gasteiger partial charge on any atom is -0.345 e. The normalized spacial score (nSPS) is 17.7. The minimum atomic E-state index is -0.763. The highest BCUT2D eigenvalue weighted by molar-refractivity contribution is 5.92. The van der Waals surface area contributed by atoms with Crippen molar-refractivity contribution in [2.24, 2.45) is 0 Å². The number of carbonyl (C=O) groups is 2. The molecule has 0 bridgehead atoms. The second kappa shape index (κ2) is 25.9. The van der Waals surface area contributed by atoms with E-state index in [1.807, 2.05) is 0 Å². The van der Waals surface area contributed by atoms with Crippen LogP contribution in [-0.2, 0) is 9.59 Å². The molecule has 0 unspecified atom stereocenters. The average molecular weight is 581 g/mol. The third-order valence-corrected chi connectivity index (χ3v) is 8.35. The van der Waals surface area contributed by atoms with Crippen molar-refractivity contribution in [1.82, 2.24) is 10.6 Å². The highest BCUT2D eigenvalue weighted by atomic mass is 19.1. The fourth-order valence-corrected chi connectivity index (χ4v) is 5.69. The van der Waals surface area contributed by atoms with Crippen LogP contribution in [0.15, 0.2) is 23.8 Å². The molecular weight excluding hydrogens is 518 g/mol. The monoisotopic (exact) mass is 580 g/mol. The van der Waals surface area contributed by atoms with Crippen molar-refractivity contribution < 1.29 is 18.4 Å². The smallest absolute Gasteiger partial charge is 0.279 e. The summed E-state index contributed by atoms with van der Waals surface area (Å²) in [6, 6.07) is -0.754. The number of amides is 2. The van der Waals surface area contributed by atoms with E-state index >= 15 is 0 Å². The summed E-state index contributed by atoms with van der Waals surface area (Å²) in [5.41, 5.74) is 0. The number of hydrogen-bond donors (Lipinski definition) is 2. The zero-order chi connectivity index (χ0) is 30.0. The SMILES string of the molecule is CCCCCCCCCCCC/C=C(\F)C(=O)N[C@H]1CCC[C@H]1NC(=O)/C(F)=C/CCCCCCCCCCCC. The van der Waals surface area contributed by atoms with Crippen LogP contribution < -0.4 is 10.6 Å². The Balaban J connectivity index is 2.19. The molecule has 4 nitrogen and oxygen atoms in total. The molecule has 0 aliphatic heterocycles. The zero-order valence-corrected chi connectivity index (χ0v) is 26.6. The van der Waals surface area contributed by atoms with E-state index in [-0.39, 0.29) is 12.1 Å². The molecule has 0 spiro atoms. The van der Waals surface area contributed by atoms with Gasteiger partial charge in [-0.3, -0.25) is 9.59 Å². The van der Waals surface area contributed by atoms with Gasteiger partial charge in [0.1, 0.15) is 0 Å². The number of unbranched alkanes of at least 4 members (excludes halogenated alkanes) is 20. The first-order valence-electron chi connectivity index (χ1n) is 17.3. The number of allylic oxidation sites excluding steroid dienone is 2. The van der Waals surface area contributed by atoms with Gasteiger partial charge in [-0.1, -0.05) is 129 Å². The predicted octanol–water partition coefficient (Wildman–Crippen LogP) is 10.5. The van der Waals surface area contributed by atoms with Crippen LogP contribution in [-0.4, -0.2) is 23.9 Å². The molecular formula is C35H62F2N2O2. The van der Waals surface area contributed by atoms with E-state index in [0.29, 0.717) is 25.7 Å². The molecule has 0 radical (unpaired) electrons. The minimum absolute atomic E-state index is 0.377. The van der Waals surface area contributed by atoms with Gasteiger partial charge in [0.05, 0.1) is 0 Å². The molecule has 41 heavy (non-hydrogen) atoms. The Labute approximate surface area is 251 Å². The van der Waals surface area contributed by atoms with Gasteiger partial charge in [0.15, 0.2) is 11.7 Å². The molecule has 1 rings (SSSR count). The number of halogens is 2. The lowest BCUT2D eigenvalue weighted by atomic mass is 10.1. The van der Waals surface area contributed by atoms with Crippen molar-refractivity contribution in [2.45, 2.75) is 186 Å². The van der Waals surface area contributed by atoms with Gasteiger partial charge in [0.2, 0.25) is 0 Å². The van der Waals surface area contributed by atoms with Gasteiger partial charge in [0.25, 0.3) is 11.8 Å². The van der Waals surface area contributed by atoms with Crippen LogP contribution in [0.3, 0.4) is 0 Å². The second-order valence-electron chi connectivity index (χ2n) is 12.1. The summed E-state index contributed by atoms with van der Waals surface area (Å²) in [4.78, 5) is 24.7. The Morgan fingerprint density at radius 2 is 0.829 bits per heavy atom. The highest BCUT2D eigenvalue weighted by Gasteiger charge is 2.31. The third kappa shape index (κ3) is 19.9. The molecule has 238 valence electrons. The van der Waals surface area contributed by atoms with E-state index in [9.17, 15) is 18.4 Å². The molecule has 0 aromatic heterocycles. The lowest BCUT2D eigenvalue weighted by Crippen LogP contribution is -2.48. The molecule has 2 atom stereocenters. The number of hydrogen-bond acceptors (Lipinski definition) is 2. The second-order valence-corrected chi connectivity index (χ2v) is 12.1. The quantitative estimate of drug-likeness (QED) is 0.0790. The van der Waals surface area contributed by atoms with Crippen molar-refractivity contribution in [3.63, 3.8) is 0 Å². The van der Waals surface area contributed by atoms with E-state index in [1.165, 1.54) is 102 Å². The summed E-state index contributed by atoms with van der Waals surface area (Å²) in [7, 11) is 0. The van der Waals surface area contributed by atoms with E-state index < -0.39 is 23.5 Å². The van der Waals surface area contributed by atoms with Gasteiger partial charge in [-0.2, -0.15) is 0 Å². The Kier molecular flexibility index (Phi) is 23.6. The Morgan fingerprint density at radius 3 is 1.15 bits per heavy atom. The molecule has 0 heterocycles. The zero-order valence-electron chi connectivity index (χ0n) is 26.6. The van der Waals surface area contributed by atoms with Crippen LogP contribution in [0.25, 0.3) is 0 Å². The molecule has 1 fully saturated rings. The lowest BCUT2D eigenvalue weighted by molar-refractivity contribution is -0.122. The van der Waals surface area contributed by atoms with Gasteiger partial charge in [0, 0.05) is 12.1 Å². The summed E-state index contributed by atoms with van der Waals surface area (Å²) in [6.07, 6.45) is 30.2. The molecule has 0 aromatic rings. The van der Waals surface area contributed by atoms with Gasteiger partial charge in [-0.25, -0.2) is 8.78 Å². The Morgan fingerprint density at radius 1 is 0.537 bits per heavy atom. The highest BCUT2D eigenvalue weighted by Crippen LogP contribution is 2.21. The van der Waals surface area contributed by atoms with Crippen molar-refractivity contribution in [2.75, 3.05) is 0 Å². The number of nitrogens with one attached hydrogen (secondary N) is 2. The third-order valence-electron chi connectivity index (χ3n) is 8.35.